The third kappa shape index (κ3) is 6.02. The minimum atomic E-state index is -4.23. The first-order valence-electron chi connectivity index (χ1n) is 5.53. The van der Waals surface area contributed by atoms with Crippen molar-refractivity contribution in [2.45, 2.75) is 30.3 Å². The van der Waals surface area contributed by atoms with Crippen molar-refractivity contribution < 1.29 is 26.0 Å². The van der Waals surface area contributed by atoms with Crippen LogP contribution in [0.2, 0.25) is 0 Å². The average molecular weight is 299 g/mol. The predicted molar refractivity (Wildman–Crippen MR) is 61.5 cm³/mol. The highest BCUT2D eigenvalue weighted by Crippen LogP contribution is 2.22. The Morgan fingerprint density at radius 3 is 2.16 bits per heavy atom. The van der Waals surface area contributed by atoms with Crippen molar-refractivity contribution in [3.05, 3.63) is 30.1 Å². The molecule has 0 aliphatic rings. The number of nitrogens with one attached hydrogen (secondary N) is 1. The summed E-state index contributed by atoms with van der Waals surface area (Å²) in [6.45, 7) is -0.0875. The van der Waals surface area contributed by atoms with Gasteiger partial charge in [-0.15, -0.1) is 0 Å². The molecule has 0 aliphatic heterocycles. The molecule has 1 rings (SSSR count). The van der Waals surface area contributed by atoms with E-state index in [-0.39, 0.29) is 24.3 Å². The number of alkyl halides is 3. The molecule has 1 aromatic rings. The van der Waals surface area contributed by atoms with Gasteiger partial charge in [-0.1, -0.05) is 0 Å². The van der Waals surface area contributed by atoms with Gasteiger partial charge in [0.05, 0.1) is 4.90 Å². The van der Waals surface area contributed by atoms with Crippen LogP contribution < -0.4 is 4.72 Å². The Kier molecular flexibility index (Phi) is 5.30. The molecule has 0 spiro atoms. The van der Waals surface area contributed by atoms with Crippen LogP contribution in [0.3, 0.4) is 0 Å². The van der Waals surface area contributed by atoms with Gasteiger partial charge in [0.2, 0.25) is 10.0 Å². The summed E-state index contributed by atoms with van der Waals surface area (Å²) in [4.78, 5) is -0.121. The number of hydrogen-bond donors (Lipinski definition) is 1. The van der Waals surface area contributed by atoms with Crippen LogP contribution in [0.5, 0.6) is 0 Å². The predicted octanol–water partition coefficient (Wildman–Crippen LogP) is 2.84. The summed E-state index contributed by atoms with van der Waals surface area (Å²) in [6.07, 6.45) is -5.23. The maximum Gasteiger partial charge on any atom is 0.389 e. The fourth-order valence-electron chi connectivity index (χ4n) is 1.35. The molecule has 0 bridgehead atoms. The summed E-state index contributed by atoms with van der Waals surface area (Å²) < 4.78 is 73.6. The lowest BCUT2D eigenvalue weighted by Crippen LogP contribution is -2.25. The second-order valence-corrected chi connectivity index (χ2v) is 5.69. The van der Waals surface area contributed by atoms with Crippen molar-refractivity contribution in [3.63, 3.8) is 0 Å². The second kappa shape index (κ2) is 6.33. The Morgan fingerprint density at radius 1 is 1.05 bits per heavy atom. The molecule has 1 aromatic carbocycles. The van der Waals surface area contributed by atoms with E-state index in [0.717, 1.165) is 24.3 Å². The lowest BCUT2D eigenvalue weighted by Gasteiger charge is -2.08. The van der Waals surface area contributed by atoms with Crippen molar-refractivity contribution >= 4 is 10.0 Å². The largest absolute Gasteiger partial charge is 0.389 e. The summed E-state index contributed by atoms with van der Waals surface area (Å²) in [7, 11) is -3.79. The number of hydrogen-bond acceptors (Lipinski definition) is 2. The molecule has 0 radical (unpaired) electrons. The van der Waals surface area contributed by atoms with E-state index in [2.05, 4.69) is 4.72 Å². The molecule has 0 saturated heterocycles. The van der Waals surface area contributed by atoms with E-state index in [0.29, 0.717) is 0 Å². The van der Waals surface area contributed by atoms with E-state index >= 15 is 0 Å². The fraction of sp³-hybridized carbons (Fsp3) is 0.455. The van der Waals surface area contributed by atoms with Crippen LogP contribution in [-0.4, -0.2) is 21.1 Å². The molecule has 0 aromatic heterocycles. The van der Waals surface area contributed by atoms with Crippen LogP contribution >= 0.6 is 0 Å². The summed E-state index contributed by atoms with van der Waals surface area (Å²) in [5.74, 6) is -0.566. The quantitative estimate of drug-likeness (QED) is 0.648. The summed E-state index contributed by atoms with van der Waals surface area (Å²) in [5, 5.41) is 0. The molecule has 8 heteroatoms. The van der Waals surface area contributed by atoms with Gasteiger partial charge in [0.1, 0.15) is 5.82 Å². The van der Waals surface area contributed by atoms with E-state index in [1.54, 1.807) is 0 Å². The van der Waals surface area contributed by atoms with Gasteiger partial charge in [-0.3, -0.25) is 0 Å². The Balaban J connectivity index is 2.42. The molecule has 0 atom stereocenters. The molecule has 19 heavy (non-hydrogen) atoms. The molecular formula is C11H13F4NO2S. The van der Waals surface area contributed by atoms with E-state index in [9.17, 15) is 26.0 Å². The first-order chi connectivity index (χ1) is 8.71. The highest BCUT2D eigenvalue weighted by atomic mass is 32.2. The van der Waals surface area contributed by atoms with Crippen molar-refractivity contribution in [1.82, 2.24) is 4.72 Å². The Bertz CT molecular complexity index is 496. The normalized spacial score (nSPS) is 12.6. The molecule has 0 unspecified atom stereocenters. The van der Waals surface area contributed by atoms with Gasteiger partial charge in [0.25, 0.3) is 0 Å². The zero-order chi connectivity index (χ0) is 14.5. The molecule has 108 valence electrons. The molecule has 0 aliphatic carbocycles. The van der Waals surface area contributed by atoms with Crippen LogP contribution in [0.25, 0.3) is 0 Å². The molecule has 1 N–H and O–H groups in total. The molecular weight excluding hydrogens is 286 g/mol. The van der Waals surface area contributed by atoms with Gasteiger partial charge >= 0.3 is 6.18 Å². The van der Waals surface area contributed by atoms with E-state index in [1.807, 2.05) is 0 Å². The monoisotopic (exact) mass is 299 g/mol. The second-order valence-electron chi connectivity index (χ2n) is 3.92. The van der Waals surface area contributed by atoms with Gasteiger partial charge < -0.3 is 0 Å². The Labute approximate surface area is 108 Å². The minimum absolute atomic E-state index is 0.0833. The van der Waals surface area contributed by atoms with Crippen LogP contribution in [0, 0.1) is 5.82 Å². The van der Waals surface area contributed by atoms with Crippen LogP contribution in [0.4, 0.5) is 17.6 Å². The Hall–Kier alpha value is -1.15. The van der Waals surface area contributed by atoms with Crippen LogP contribution in [0.15, 0.2) is 29.2 Å². The number of sulfonamides is 1. The summed E-state index contributed by atoms with van der Waals surface area (Å²) >= 11 is 0. The number of benzene rings is 1. The first-order valence-corrected chi connectivity index (χ1v) is 7.01. The van der Waals surface area contributed by atoms with Gasteiger partial charge in [-0.25, -0.2) is 17.5 Å². The van der Waals surface area contributed by atoms with Gasteiger partial charge in [0, 0.05) is 13.0 Å². The Morgan fingerprint density at radius 2 is 1.63 bits per heavy atom. The third-order valence-corrected chi connectivity index (χ3v) is 3.78. The van der Waals surface area contributed by atoms with E-state index < -0.39 is 28.4 Å². The van der Waals surface area contributed by atoms with Crippen LogP contribution in [-0.2, 0) is 10.0 Å². The molecule has 3 nitrogen and oxygen atoms in total. The van der Waals surface area contributed by atoms with Crippen molar-refractivity contribution in [2.24, 2.45) is 0 Å². The molecule has 0 saturated carbocycles. The maximum atomic E-state index is 12.6. The third-order valence-electron chi connectivity index (χ3n) is 2.30. The number of rotatable bonds is 6. The highest BCUT2D eigenvalue weighted by molar-refractivity contribution is 7.89. The van der Waals surface area contributed by atoms with Gasteiger partial charge in [0.15, 0.2) is 0 Å². The minimum Gasteiger partial charge on any atom is -0.211 e. The SMILES string of the molecule is O=S(=O)(NCCCCC(F)(F)F)c1ccc(F)cc1. The van der Waals surface area contributed by atoms with Gasteiger partial charge in [-0.05, 0) is 37.1 Å². The molecule has 0 amide bonds. The fourth-order valence-corrected chi connectivity index (χ4v) is 2.43. The zero-order valence-corrected chi connectivity index (χ0v) is 10.7. The topological polar surface area (TPSA) is 46.2 Å². The first kappa shape index (κ1) is 15.9. The lowest BCUT2D eigenvalue weighted by atomic mass is 10.2. The zero-order valence-electron chi connectivity index (χ0n) is 9.87. The van der Waals surface area contributed by atoms with E-state index in [4.69, 9.17) is 0 Å². The van der Waals surface area contributed by atoms with E-state index in [1.165, 1.54) is 0 Å². The van der Waals surface area contributed by atoms with Crippen molar-refractivity contribution in [1.29, 1.82) is 0 Å². The van der Waals surface area contributed by atoms with Gasteiger partial charge in [-0.2, -0.15) is 13.2 Å². The lowest BCUT2D eigenvalue weighted by molar-refractivity contribution is -0.135. The standard InChI is InChI=1S/C11H13F4NO2S/c12-9-3-5-10(6-4-9)19(17,18)16-8-2-1-7-11(13,14)15/h3-6,16H,1-2,7-8H2. The van der Waals surface area contributed by atoms with Crippen molar-refractivity contribution in [2.75, 3.05) is 6.54 Å². The average Bonchev–Trinajstić information content (AvgIpc) is 2.27. The highest BCUT2D eigenvalue weighted by Gasteiger charge is 2.25. The number of halogens is 4. The number of unbranched alkanes of at least 4 members (excludes halogenated alkanes) is 1. The summed E-state index contributed by atoms with van der Waals surface area (Å²) in [5.41, 5.74) is 0. The van der Waals surface area contributed by atoms with Crippen molar-refractivity contribution in [3.8, 4) is 0 Å². The molecule has 0 heterocycles. The van der Waals surface area contributed by atoms with Crippen LogP contribution in [0.1, 0.15) is 19.3 Å². The maximum absolute atomic E-state index is 12.6. The molecule has 0 fully saturated rings. The smallest absolute Gasteiger partial charge is 0.211 e. The summed E-state index contributed by atoms with van der Waals surface area (Å²) in [6, 6.07) is 4.18.